The van der Waals surface area contributed by atoms with Crippen LogP contribution in [0.5, 0.6) is 11.5 Å². The van der Waals surface area contributed by atoms with Gasteiger partial charge in [0.15, 0.2) is 11.5 Å². The molecule has 2 fully saturated rings. The van der Waals surface area contributed by atoms with Crippen LogP contribution in [0.1, 0.15) is 77.2 Å². The van der Waals surface area contributed by atoms with E-state index in [1.54, 1.807) is 20.3 Å². The van der Waals surface area contributed by atoms with E-state index in [9.17, 15) is 14.4 Å². The normalized spacial score (nSPS) is 26.8. The molecule has 240 valence electrons. The first-order valence-electron chi connectivity index (χ1n) is 16.1. The molecule has 2 aliphatic heterocycles. The molecule has 1 aromatic rings. The standard InChI is InChI=1S/C35H48N2O7/c1-22(2)28-19-30-35(34(40)43-5,32(44-28)25-12-13-25)20-26(33(39)37(30)16-15-23-9-7-6-8-10-23)18-31(38)36-21-24-11-14-27(41-3)29(17-24)42-4/h9,11,14,17,19,22,25-26,28,32H,6-8,10,12-13,15-16,18,20-21H2,1-5H3,(H,36,38)/t26-,28+,32+,35+/m0/s1. The van der Waals surface area contributed by atoms with E-state index in [2.05, 4.69) is 25.2 Å². The van der Waals surface area contributed by atoms with Gasteiger partial charge in [-0.2, -0.15) is 0 Å². The van der Waals surface area contributed by atoms with Gasteiger partial charge in [-0.05, 0) is 87.0 Å². The molecule has 44 heavy (non-hydrogen) atoms. The van der Waals surface area contributed by atoms with Crippen molar-refractivity contribution in [3.05, 3.63) is 47.2 Å². The summed E-state index contributed by atoms with van der Waals surface area (Å²) in [4.78, 5) is 43.4. The van der Waals surface area contributed by atoms with Crippen molar-refractivity contribution < 1.29 is 33.3 Å². The summed E-state index contributed by atoms with van der Waals surface area (Å²) in [5, 5.41) is 2.97. The highest BCUT2D eigenvalue weighted by molar-refractivity contribution is 5.93. The fraction of sp³-hybridized carbons (Fsp3) is 0.629. The van der Waals surface area contributed by atoms with E-state index >= 15 is 0 Å². The lowest BCUT2D eigenvalue weighted by atomic mass is 9.64. The summed E-state index contributed by atoms with van der Waals surface area (Å²) < 4.78 is 22.9. The van der Waals surface area contributed by atoms with Gasteiger partial charge in [0, 0.05) is 31.1 Å². The smallest absolute Gasteiger partial charge is 0.320 e. The average Bonchev–Trinajstić information content (AvgIpc) is 3.88. The number of piperidine rings is 1. The number of likely N-dealkylation sites (tertiary alicyclic amines) is 1. The molecule has 2 amide bonds. The van der Waals surface area contributed by atoms with Crippen LogP contribution in [0.2, 0.25) is 0 Å². The van der Waals surface area contributed by atoms with Crippen LogP contribution in [0.4, 0.5) is 0 Å². The first kappa shape index (κ1) is 32.1. The fourth-order valence-corrected chi connectivity index (χ4v) is 7.15. The Balaban J connectivity index is 1.43. The Labute approximate surface area is 261 Å². The molecule has 1 saturated carbocycles. The number of amides is 2. The number of nitrogens with zero attached hydrogens (tertiary/aromatic N) is 1. The van der Waals surface area contributed by atoms with Crippen LogP contribution in [0.25, 0.3) is 0 Å². The van der Waals surface area contributed by atoms with Crippen molar-refractivity contribution in [2.75, 3.05) is 27.9 Å². The monoisotopic (exact) mass is 608 g/mol. The molecule has 0 aromatic heterocycles. The minimum atomic E-state index is -1.13. The number of fused-ring (bicyclic) bond motifs is 1. The summed E-state index contributed by atoms with van der Waals surface area (Å²) in [5.74, 6) is 0.161. The molecule has 0 unspecified atom stereocenters. The Morgan fingerprint density at radius 2 is 1.89 bits per heavy atom. The van der Waals surface area contributed by atoms with Crippen molar-refractivity contribution >= 4 is 17.8 Å². The molecule has 1 aromatic carbocycles. The van der Waals surface area contributed by atoms with Gasteiger partial charge in [0.1, 0.15) is 5.41 Å². The maximum Gasteiger partial charge on any atom is 0.320 e. The average molecular weight is 609 g/mol. The number of carbonyl (C=O) groups is 3. The molecule has 1 N–H and O–H groups in total. The summed E-state index contributed by atoms with van der Waals surface area (Å²) >= 11 is 0. The van der Waals surface area contributed by atoms with E-state index in [0.717, 1.165) is 49.8 Å². The van der Waals surface area contributed by atoms with Gasteiger partial charge in [-0.1, -0.05) is 31.6 Å². The Morgan fingerprint density at radius 1 is 1.11 bits per heavy atom. The van der Waals surface area contributed by atoms with Crippen molar-refractivity contribution in [2.45, 2.75) is 90.4 Å². The van der Waals surface area contributed by atoms with Crippen LogP contribution in [0, 0.1) is 23.2 Å². The number of hydrogen-bond acceptors (Lipinski definition) is 7. The van der Waals surface area contributed by atoms with E-state index in [0.29, 0.717) is 18.0 Å². The third kappa shape index (κ3) is 6.53. The summed E-state index contributed by atoms with van der Waals surface area (Å²) in [6.07, 6.45) is 11.0. The van der Waals surface area contributed by atoms with E-state index in [1.807, 2.05) is 23.1 Å². The minimum absolute atomic E-state index is 0.0255. The molecule has 2 heterocycles. The van der Waals surface area contributed by atoms with E-state index in [4.69, 9.17) is 18.9 Å². The van der Waals surface area contributed by atoms with E-state index in [-0.39, 0.29) is 55.1 Å². The summed E-state index contributed by atoms with van der Waals surface area (Å²) in [6.45, 7) is 4.95. The number of ether oxygens (including phenoxy) is 4. The predicted octanol–water partition coefficient (Wildman–Crippen LogP) is 5.33. The summed E-state index contributed by atoms with van der Waals surface area (Å²) in [5.41, 5.74) is 1.78. The van der Waals surface area contributed by atoms with Crippen molar-refractivity contribution in [3.8, 4) is 11.5 Å². The van der Waals surface area contributed by atoms with Crippen LogP contribution in [-0.4, -0.2) is 62.8 Å². The SMILES string of the molecule is COC(=O)[C@]12C[C@H](CC(=O)NCc3ccc(OC)c(OC)c3)C(=O)N(CCC3=CCCCC3)C1=C[C@H](C(C)C)O[C@@H]2C1CC1. The summed E-state index contributed by atoms with van der Waals surface area (Å²) in [7, 11) is 4.55. The third-order valence-corrected chi connectivity index (χ3v) is 9.71. The number of carbonyl (C=O) groups excluding carboxylic acids is 3. The topological polar surface area (TPSA) is 103 Å². The zero-order chi connectivity index (χ0) is 31.4. The van der Waals surface area contributed by atoms with E-state index < -0.39 is 17.4 Å². The second-order valence-corrected chi connectivity index (χ2v) is 13.0. The van der Waals surface area contributed by atoms with Crippen molar-refractivity contribution in [2.24, 2.45) is 23.2 Å². The van der Waals surface area contributed by atoms with Crippen LogP contribution in [0.3, 0.4) is 0 Å². The number of allylic oxidation sites excluding steroid dienone is 1. The maximum absolute atomic E-state index is 14.3. The van der Waals surface area contributed by atoms with Crippen LogP contribution in [-0.2, 0) is 30.4 Å². The molecule has 1 saturated heterocycles. The molecule has 0 radical (unpaired) electrons. The number of esters is 1. The second kappa shape index (κ2) is 13.8. The van der Waals surface area contributed by atoms with Crippen LogP contribution < -0.4 is 14.8 Å². The van der Waals surface area contributed by atoms with Gasteiger partial charge in [-0.3, -0.25) is 14.4 Å². The van der Waals surface area contributed by atoms with Crippen LogP contribution in [0.15, 0.2) is 41.6 Å². The Kier molecular flexibility index (Phi) is 10.0. The fourth-order valence-electron chi connectivity index (χ4n) is 7.15. The molecule has 0 bridgehead atoms. The lowest BCUT2D eigenvalue weighted by molar-refractivity contribution is -0.182. The molecular formula is C35H48N2O7. The molecule has 9 nitrogen and oxygen atoms in total. The van der Waals surface area contributed by atoms with E-state index in [1.165, 1.54) is 19.1 Å². The van der Waals surface area contributed by atoms with Crippen molar-refractivity contribution in [1.29, 1.82) is 0 Å². The van der Waals surface area contributed by atoms with Gasteiger partial charge in [0.25, 0.3) is 0 Å². The van der Waals surface area contributed by atoms with Gasteiger partial charge < -0.3 is 29.2 Å². The van der Waals surface area contributed by atoms with Crippen LogP contribution >= 0.6 is 0 Å². The highest BCUT2D eigenvalue weighted by atomic mass is 16.5. The number of nitrogens with one attached hydrogen (secondary N) is 1. The van der Waals surface area contributed by atoms with Gasteiger partial charge in [-0.25, -0.2) is 0 Å². The van der Waals surface area contributed by atoms with Crippen molar-refractivity contribution in [1.82, 2.24) is 10.2 Å². The molecule has 4 aliphatic rings. The Morgan fingerprint density at radius 3 is 2.52 bits per heavy atom. The first-order valence-corrected chi connectivity index (χ1v) is 16.1. The van der Waals surface area contributed by atoms with Gasteiger partial charge >= 0.3 is 5.97 Å². The Hall–Kier alpha value is -3.33. The third-order valence-electron chi connectivity index (χ3n) is 9.71. The Bertz CT molecular complexity index is 1300. The summed E-state index contributed by atoms with van der Waals surface area (Å²) in [6, 6.07) is 5.48. The van der Waals surface area contributed by atoms with Gasteiger partial charge in [0.2, 0.25) is 11.8 Å². The van der Waals surface area contributed by atoms with Gasteiger partial charge in [-0.15, -0.1) is 0 Å². The zero-order valence-electron chi connectivity index (χ0n) is 26.9. The number of benzene rings is 1. The lowest BCUT2D eigenvalue weighted by Crippen LogP contribution is -2.62. The molecule has 2 aliphatic carbocycles. The number of hydrogen-bond donors (Lipinski definition) is 1. The number of methoxy groups -OCH3 is 3. The highest BCUT2D eigenvalue weighted by Crippen LogP contribution is 2.56. The largest absolute Gasteiger partial charge is 0.493 e. The lowest BCUT2D eigenvalue weighted by Gasteiger charge is -2.53. The highest BCUT2D eigenvalue weighted by Gasteiger charge is 2.63. The van der Waals surface area contributed by atoms with Gasteiger partial charge in [0.05, 0.1) is 33.5 Å². The molecule has 5 rings (SSSR count). The predicted molar refractivity (Wildman–Crippen MR) is 166 cm³/mol. The zero-order valence-corrected chi connectivity index (χ0v) is 26.9. The molecule has 9 heteroatoms. The minimum Gasteiger partial charge on any atom is -0.493 e. The van der Waals surface area contributed by atoms with Crippen molar-refractivity contribution in [3.63, 3.8) is 0 Å². The number of rotatable bonds is 12. The molecule has 4 atom stereocenters. The molecular weight excluding hydrogens is 560 g/mol. The second-order valence-electron chi connectivity index (χ2n) is 13.0. The maximum atomic E-state index is 14.3. The molecule has 0 spiro atoms. The first-order chi connectivity index (χ1) is 21.2. The quantitative estimate of drug-likeness (QED) is 0.253.